The Labute approximate surface area is 90.8 Å². The van der Waals surface area contributed by atoms with Crippen molar-refractivity contribution in [3.63, 3.8) is 0 Å². The maximum atomic E-state index is 11.0. The van der Waals surface area contributed by atoms with Crippen LogP contribution in [-0.2, 0) is 9.53 Å². The van der Waals surface area contributed by atoms with Crippen molar-refractivity contribution in [3.8, 4) is 0 Å². The molecule has 82 valence electrons. The number of primary amides is 1. The molecular weight excluding hydrogens is 218 g/mol. The lowest BCUT2D eigenvalue weighted by molar-refractivity contribution is -0.120. The highest BCUT2D eigenvalue weighted by molar-refractivity contribution is 8.14. The molecule has 2 aliphatic rings. The molecule has 2 aliphatic heterocycles. The van der Waals surface area contributed by atoms with Crippen LogP contribution in [0.3, 0.4) is 0 Å². The van der Waals surface area contributed by atoms with Crippen LogP contribution >= 0.6 is 11.8 Å². The minimum absolute atomic E-state index is 0.0979. The Bertz CT molecular complexity index is 327. The van der Waals surface area contributed by atoms with Gasteiger partial charge in [0.2, 0.25) is 5.91 Å². The monoisotopic (exact) mass is 229 g/mol. The van der Waals surface area contributed by atoms with Crippen molar-refractivity contribution >= 4 is 28.7 Å². The molecule has 1 fully saturated rings. The van der Waals surface area contributed by atoms with Crippen LogP contribution in [0.2, 0.25) is 0 Å². The van der Waals surface area contributed by atoms with Crippen molar-refractivity contribution in [1.82, 2.24) is 4.90 Å². The molecule has 7 heteroatoms. The van der Waals surface area contributed by atoms with Gasteiger partial charge in [-0.05, 0) is 0 Å². The molecule has 0 aromatic rings. The van der Waals surface area contributed by atoms with Gasteiger partial charge < -0.3 is 15.4 Å². The highest BCUT2D eigenvalue weighted by atomic mass is 32.2. The van der Waals surface area contributed by atoms with Crippen LogP contribution in [0.4, 0.5) is 4.79 Å². The van der Waals surface area contributed by atoms with Crippen LogP contribution in [-0.4, -0.2) is 53.4 Å². The average Bonchev–Trinajstić information content (AvgIpc) is 2.46. The number of amides is 2. The highest BCUT2D eigenvalue weighted by Gasteiger charge is 2.32. The number of aliphatic imine (C=N–C) groups is 1. The first kappa shape index (κ1) is 10.4. The lowest BCUT2D eigenvalue weighted by atomic mass is 10.2. The summed E-state index contributed by atoms with van der Waals surface area (Å²) in [5, 5.41) is -0.209. The molecular formula is C8H11N3O3S. The largest absolute Gasteiger partial charge is 0.377 e. The number of nitrogens with zero attached hydrogens (tertiary/aromatic N) is 2. The van der Waals surface area contributed by atoms with E-state index in [0.717, 1.165) is 11.8 Å². The minimum Gasteiger partial charge on any atom is -0.377 e. The Morgan fingerprint density at radius 3 is 2.80 bits per heavy atom. The quantitative estimate of drug-likeness (QED) is 0.701. The Kier molecular flexibility index (Phi) is 2.92. The number of carbonyl (C=O) groups is 2. The van der Waals surface area contributed by atoms with Crippen molar-refractivity contribution < 1.29 is 14.3 Å². The van der Waals surface area contributed by atoms with E-state index in [1.807, 2.05) is 0 Å². The summed E-state index contributed by atoms with van der Waals surface area (Å²) in [6, 6.07) is 0.128. The third kappa shape index (κ3) is 2.29. The molecule has 2 heterocycles. The van der Waals surface area contributed by atoms with Gasteiger partial charge in [0.1, 0.15) is 5.84 Å². The van der Waals surface area contributed by atoms with Crippen molar-refractivity contribution in [1.29, 1.82) is 0 Å². The summed E-state index contributed by atoms with van der Waals surface area (Å²) in [4.78, 5) is 27.5. The smallest absolute Gasteiger partial charge is 0.306 e. The van der Waals surface area contributed by atoms with Gasteiger partial charge in [0, 0.05) is 0 Å². The third-order valence-electron chi connectivity index (χ3n) is 2.26. The topological polar surface area (TPSA) is 85.0 Å². The Hall–Kier alpha value is -1.08. The van der Waals surface area contributed by atoms with Crippen LogP contribution in [0.15, 0.2) is 4.99 Å². The van der Waals surface area contributed by atoms with Gasteiger partial charge in [-0.25, -0.2) is 0 Å². The number of carbonyl (C=O) groups excluding carboxylic acids is 2. The molecule has 0 bridgehead atoms. The van der Waals surface area contributed by atoms with E-state index in [4.69, 9.17) is 10.5 Å². The third-order valence-corrected chi connectivity index (χ3v) is 3.00. The van der Waals surface area contributed by atoms with E-state index in [1.54, 1.807) is 4.90 Å². The van der Waals surface area contributed by atoms with Gasteiger partial charge in [-0.15, -0.1) is 0 Å². The fourth-order valence-electron chi connectivity index (χ4n) is 1.45. The van der Waals surface area contributed by atoms with Crippen molar-refractivity contribution in [2.24, 2.45) is 10.7 Å². The van der Waals surface area contributed by atoms with Crippen molar-refractivity contribution in [2.75, 3.05) is 25.5 Å². The van der Waals surface area contributed by atoms with E-state index in [2.05, 4.69) is 4.99 Å². The van der Waals surface area contributed by atoms with Gasteiger partial charge in [-0.1, -0.05) is 11.8 Å². The summed E-state index contributed by atoms with van der Waals surface area (Å²) < 4.78 is 5.04. The Morgan fingerprint density at radius 1 is 1.67 bits per heavy atom. The lowest BCUT2D eigenvalue weighted by Crippen LogP contribution is -2.54. The molecule has 2 amide bonds. The normalized spacial score (nSPS) is 21.1. The van der Waals surface area contributed by atoms with Crippen LogP contribution < -0.4 is 5.73 Å². The summed E-state index contributed by atoms with van der Waals surface area (Å²) in [7, 11) is 0. The summed E-state index contributed by atoms with van der Waals surface area (Å²) in [5.41, 5.74) is 5.14. The zero-order valence-electron chi connectivity index (χ0n) is 8.01. The van der Waals surface area contributed by atoms with Gasteiger partial charge in [-0.2, -0.15) is 4.99 Å². The number of rotatable bonds is 3. The van der Waals surface area contributed by atoms with Crippen LogP contribution in [0.5, 0.6) is 0 Å². The first-order chi connectivity index (χ1) is 7.16. The van der Waals surface area contributed by atoms with E-state index in [0.29, 0.717) is 24.8 Å². The molecule has 0 aromatic heterocycles. The van der Waals surface area contributed by atoms with E-state index in [9.17, 15) is 9.59 Å². The number of ether oxygens (including phenoxy) is 1. The predicted molar refractivity (Wildman–Crippen MR) is 55.8 cm³/mol. The number of amidine groups is 1. The summed E-state index contributed by atoms with van der Waals surface area (Å²) in [6.45, 7) is 1.22. The SMILES string of the molecule is NC(=O)CN(C1=NC(=O)SC1)C1COC1. The predicted octanol–water partition coefficient (Wildman–Crippen LogP) is -0.562. The molecule has 1 saturated heterocycles. The molecule has 0 unspecified atom stereocenters. The summed E-state index contributed by atoms with van der Waals surface area (Å²) >= 11 is 1.14. The highest BCUT2D eigenvalue weighted by Crippen LogP contribution is 2.20. The molecule has 0 aliphatic carbocycles. The number of thioether (sulfide) groups is 1. The molecule has 2 N–H and O–H groups in total. The van der Waals surface area contributed by atoms with Crippen molar-refractivity contribution in [3.05, 3.63) is 0 Å². The molecule has 2 rings (SSSR count). The fraction of sp³-hybridized carbons (Fsp3) is 0.625. The zero-order valence-corrected chi connectivity index (χ0v) is 8.83. The van der Waals surface area contributed by atoms with E-state index < -0.39 is 5.91 Å². The molecule has 0 aromatic carbocycles. The fourth-order valence-corrected chi connectivity index (χ4v) is 2.10. The standard InChI is InChI=1S/C8H11N3O3S/c9-6(12)1-11(5-2-14-3-5)7-4-15-8(13)10-7/h5H,1-4H2,(H2,9,12). The minimum atomic E-state index is -0.422. The number of hydrogen-bond donors (Lipinski definition) is 1. The number of nitrogens with two attached hydrogens (primary N) is 1. The second-order valence-corrected chi connectivity index (χ2v) is 4.29. The maximum Gasteiger partial charge on any atom is 0.306 e. The number of hydrogen-bond acceptors (Lipinski definition) is 5. The molecule has 0 atom stereocenters. The molecule has 6 nitrogen and oxygen atoms in total. The van der Waals surface area contributed by atoms with Crippen LogP contribution in [0.25, 0.3) is 0 Å². The van der Waals surface area contributed by atoms with Gasteiger partial charge in [0.15, 0.2) is 0 Å². The van der Waals surface area contributed by atoms with Crippen LogP contribution in [0, 0.1) is 0 Å². The first-order valence-corrected chi connectivity index (χ1v) is 5.52. The lowest BCUT2D eigenvalue weighted by Gasteiger charge is -2.37. The van der Waals surface area contributed by atoms with E-state index >= 15 is 0 Å². The van der Waals surface area contributed by atoms with E-state index in [1.165, 1.54) is 0 Å². The second-order valence-electron chi connectivity index (χ2n) is 3.37. The first-order valence-electron chi connectivity index (χ1n) is 4.54. The van der Waals surface area contributed by atoms with Gasteiger partial charge >= 0.3 is 5.24 Å². The van der Waals surface area contributed by atoms with E-state index in [-0.39, 0.29) is 17.8 Å². The van der Waals surface area contributed by atoms with Crippen LogP contribution in [0.1, 0.15) is 0 Å². The van der Waals surface area contributed by atoms with Crippen molar-refractivity contribution in [2.45, 2.75) is 6.04 Å². The molecule has 0 saturated carbocycles. The summed E-state index contributed by atoms with van der Waals surface area (Å²) in [5.74, 6) is 0.730. The molecule has 0 radical (unpaired) electrons. The molecule has 0 spiro atoms. The van der Waals surface area contributed by atoms with Gasteiger partial charge in [0.25, 0.3) is 0 Å². The zero-order chi connectivity index (χ0) is 10.8. The second kappa shape index (κ2) is 4.19. The maximum absolute atomic E-state index is 11.0. The van der Waals surface area contributed by atoms with Gasteiger partial charge in [0.05, 0.1) is 31.6 Å². The summed E-state index contributed by atoms with van der Waals surface area (Å²) in [6.07, 6.45) is 0. The molecule has 15 heavy (non-hydrogen) atoms. The van der Waals surface area contributed by atoms with Gasteiger partial charge in [-0.3, -0.25) is 9.59 Å². The Morgan fingerprint density at radius 2 is 2.40 bits per heavy atom. The Balaban J connectivity index is 2.07. The average molecular weight is 229 g/mol.